The second-order valence-electron chi connectivity index (χ2n) is 21.5. The molecule has 6 saturated carbocycles. The third-order valence-corrected chi connectivity index (χ3v) is 15.9. The van der Waals surface area contributed by atoms with Crippen molar-refractivity contribution in [2.75, 3.05) is 26.2 Å². The fourth-order valence-electron chi connectivity index (χ4n) is 11.7. The van der Waals surface area contributed by atoms with E-state index in [-0.39, 0.29) is 48.3 Å². The number of carbonyl (C=O) groups excluding carboxylic acids is 4. The summed E-state index contributed by atoms with van der Waals surface area (Å²) in [7, 11) is 0. The van der Waals surface area contributed by atoms with Gasteiger partial charge in [0.1, 0.15) is 0 Å². The summed E-state index contributed by atoms with van der Waals surface area (Å²) in [5, 5.41) is 15.5. The first-order chi connectivity index (χ1) is 34.4. The lowest BCUT2D eigenvalue weighted by atomic mass is 9.94. The largest absolute Gasteiger partial charge is 0.338 e. The molecule has 392 valence electrons. The van der Waals surface area contributed by atoms with Crippen molar-refractivity contribution in [3.05, 3.63) is 0 Å². The number of amides is 8. The summed E-state index contributed by atoms with van der Waals surface area (Å²) in [6, 6.07) is 0.444. The number of oxime groups is 2. The van der Waals surface area contributed by atoms with E-state index in [2.05, 4.69) is 20.9 Å². The number of nitrogens with zero attached hydrogens (tertiary/aromatic N) is 8. The van der Waals surface area contributed by atoms with E-state index < -0.39 is 0 Å². The third kappa shape index (κ3) is 16.9. The number of amidine groups is 2. The number of hydrogen-bond acceptors (Lipinski definition) is 10. The van der Waals surface area contributed by atoms with Gasteiger partial charge in [0.05, 0.1) is 23.5 Å². The van der Waals surface area contributed by atoms with E-state index in [1.165, 1.54) is 48.3 Å². The van der Waals surface area contributed by atoms with Crippen LogP contribution in [0.15, 0.2) is 20.3 Å². The molecule has 0 aromatic rings. The molecule has 1 saturated heterocycles. The molecule has 1 heterocycles. The summed E-state index contributed by atoms with van der Waals surface area (Å²) in [5.74, 6) is 0. The Hall–Kier alpha value is -4.24. The molecule has 2 N–H and O–H groups in total. The zero-order valence-corrected chi connectivity index (χ0v) is 43.0. The number of carbonyl (C=O) groups is 4. The maximum atomic E-state index is 14.0. The number of urea groups is 4. The molecular weight excluding hydrogens is 885 g/mol. The van der Waals surface area contributed by atoms with Crippen molar-refractivity contribution < 1.29 is 28.9 Å². The van der Waals surface area contributed by atoms with E-state index >= 15 is 0 Å². The molecule has 7 rings (SSSR count). The van der Waals surface area contributed by atoms with E-state index in [0.29, 0.717) is 38.2 Å². The molecule has 6 aliphatic carbocycles. The van der Waals surface area contributed by atoms with E-state index in [1.807, 2.05) is 0 Å². The minimum Gasteiger partial charge on any atom is -0.338 e. The Kier molecular flexibility index (Phi) is 22.9. The highest BCUT2D eigenvalue weighted by Gasteiger charge is 2.42. The van der Waals surface area contributed by atoms with Gasteiger partial charge in [-0.15, -0.1) is 0 Å². The maximum Gasteiger partial charge on any atom is 0.336 e. The third-order valence-electron chi connectivity index (χ3n) is 15.9. The summed E-state index contributed by atoms with van der Waals surface area (Å²) in [6.45, 7) is 1.91. The molecule has 0 radical (unpaired) electrons. The molecular formula is C54H90N10O6. The molecule has 0 atom stereocenters. The predicted octanol–water partition coefficient (Wildman–Crippen LogP) is 12.7. The van der Waals surface area contributed by atoms with Gasteiger partial charge >= 0.3 is 36.2 Å². The smallest absolute Gasteiger partial charge is 0.336 e. The summed E-state index contributed by atoms with van der Waals surface area (Å²) >= 11 is 0. The number of aliphatic imine (C=N–C) groups is 2. The number of rotatable bonds is 20. The van der Waals surface area contributed by atoms with Crippen molar-refractivity contribution in [3.8, 4) is 0 Å². The second-order valence-corrected chi connectivity index (χ2v) is 21.5. The molecule has 0 bridgehead atoms. The van der Waals surface area contributed by atoms with Crippen LogP contribution in [0.25, 0.3) is 0 Å². The molecule has 0 spiro atoms. The van der Waals surface area contributed by atoms with Crippen LogP contribution in [0.3, 0.4) is 0 Å². The minimum atomic E-state index is -0.210. The van der Waals surface area contributed by atoms with Crippen LogP contribution >= 0.6 is 0 Å². The van der Waals surface area contributed by atoms with Crippen LogP contribution in [0.2, 0.25) is 0 Å². The number of unbranched alkanes of at least 4 members (excludes halogenated alkanes) is 6. The van der Waals surface area contributed by atoms with Gasteiger partial charge < -0.3 is 20.3 Å². The predicted molar refractivity (Wildman–Crippen MR) is 277 cm³/mol. The molecule has 0 aromatic carbocycles. The van der Waals surface area contributed by atoms with Gasteiger partial charge in [-0.1, -0.05) is 126 Å². The molecule has 7 aliphatic rings. The quantitative estimate of drug-likeness (QED) is 0.0532. The van der Waals surface area contributed by atoms with Crippen molar-refractivity contribution in [2.24, 2.45) is 20.3 Å². The second kappa shape index (κ2) is 29.9. The first kappa shape index (κ1) is 53.6. The van der Waals surface area contributed by atoms with E-state index in [4.69, 9.17) is 19.7 Å². The zero-order valence-electron chi connectivity index (χ0n) is 43.0. The number of imide groups is 2. The molecule has 0 unspecified atom stereocenters. The molecule has 70 heavy (non-hydrogen) atoms. The van der Waals surface area contributed by atoms with Gasteiger partial charge in [0.25, 0.3) is 0 Å². The molecule has 7 fully saturated rings. The highest BCUT2D eigenvalue weighted by molar-refractivity contribution is 6.11. The lowest BCUT2D eigenvalue weighted by Crippen LogP contribution is -2.64. The van der Waals surface area contributed by atoms with Crippen LogP contribution in [-0.4, -0.2) is 118 Å². The summed E-state index contributed by atoms with van der Waals surface area (Å²) in [5.41, 5.74) is 2.14. The molecule has 16 heteroatoms. The molecule has 16 nitrogen and oxygen atoms in total. The monoisotopic (exact) mass is 975 g/mol. The Bertz CT molecular complexity index is 1610. The van der Waals surface area contributed by atoms with Crippen molar-refractivity contribution in [3.63, 3.8) is 0 Å². The van der Waals surface area contributed by atoms with E-state index in [9.17, 15) is 19.2 Å². The van der Waals surface area contributed by atoms with Crippen molar-refractivity contribution >= 4 is 47.6 Å². The summed E-state index contributed by atoms with van der Waals surface area (Å²) < 4.78 is 0. The van der Waals surface area contributed by atoms with Crippen LogP contribution in [0.1, 0.15) is 244 Å². The van der Waals surface area contributed by atoms with Gasteiger partial charge in [-0.05, 0) is 128 Å². The number of hydrogen-bond donors (Lipinski definition) is 2. The number of nitrogens with one attached hydrogen (secondary N) is 2. The summed E-state index contributed by atoms with van der Waals surface area (Å²) in [4.78, 5) is 82.7. The average Bonchev–Trinajstić information content (AvgIpc) is 3.40. The Balaban J connectivity index is 0.785. The standard InChI is InChI=1S/C54H90N10O6/c65-49(63(47-35-19-9-20-36-47)51(57-43-27-11-5-12-28-43)69-59-45-31-15-7-16-32-45)55-39-23-1-3-25-41-61-53(67)62(54(61)68)42-26-4-2-24-40-56-50(66)64(48-37-21-10-22-38-48)52(58-44-29-13-6-14-30-44)70-60-46-33-17-8-18-34-46/h43-44,47-48H,1-42H2,(H,55,65)(H,56,66)/b57-51-,58-52-. The van der Waals surface area contributed by atoms with Crippen molar-refractivity contribution in [2.45, 2.75) is 268 Å². The maximum absolute atomic E-state index is 14.0. The Morgan fingerprint density at radius 2 is 0.771 bits per heavy atom. The highest BCUT2D eigenvalue weighted by atomic mass is 16.7. The van der Waals surface area contributed by atoms with Crippen LogP contribution in [0, 0.1) is 0 Å². The van der Waals surface area contributed by atoms with E-state index in [0.717, 1.165) is 217 Å². The zero-order chi connectivity index (χ0) is 48.6. The van der Waals surface area contributed by atoms with Gasteiger partial charge in [0.2, 0.25) is 0 Å². The van der Waals surface area contributed by atoms with Gasteiger partial charge in [0.15, 0.2) is 0 Å². The van der Waals surface area contributed by atoms with Crippen LogP contribution in [0.5, 0.6) is 0 Å². The fraction of sp³-hybridized carbons (Fsp3) is 0.852. The highest BCUT2D eigenvalue weighted by Crippen LogP contribution is 2.29. The first-order valence-corrected chi connectivity index (χ1v) is 28.8. The van der Waals surface area contributed by atoms with Crippen molar-refractivity contribution in [1.82, 2.24) is 30.2 Å². The average molecular weight is 975 g/mol. The SMILES string of the molecule is O=C1N(CCCCCCNC(=O)N(/C(=N/C2CCCCC2)ON=C2CCCCC2)C2CCCCC2)C(=O)N1CCCCCCNC(=O)N(/C(=N/C1CCCCC1)ON=C1CCCCC1)C1CCCCC1. The van der Waals surface area contributed by atoms with Crippen LogP contribution < -0.4 is 10.6 Å². The summed E-state index contributed by atoms with van der Waals surface area (Å²) in [6.07, 6.45) is 39.0. The van der Waals surface area contributed by atoms with E-state index in [1.54, 1.807) is 9.80 Å². The fourth-order valence-corrected chi connectivity index (χ4v) is 11.7. The van der Waals surface area contributed by atoms with Crippen LogP contribution in [0.4, 0.5) is 19.2 Å². The Labute approximate surface area is 420 Å². The Morgan fingerprint density at radius 1 is 0.443 bits per heavy atom. The van der Waals surface area contributed by atoms with Gasteiger partial charge in [-0.3, -0.25) is 0 Å². The molecule has 8 amide bonds. The Morgan fingerprint density at radius 3 is 1.14 bits per heavy atom. The van der Waals surface area contributed by atoms with Gasteiger partial charge in [0, 0.05) is 38.3 Å². The lowest BCUT2D eigenvalue weighted by molar-refractivity contribution is 0.103. The van der Waals surface area contributed by atoms with Gasteiger partial charge in [-0.25, -0.2) is 48.8 Å². The topological polar surface area (TPSA) is 173 Å². The van der Waals surface area contributed by atoms with Gasteiger partial charge in [-0.2, -0.15) is 0 Å². The van der Waals surface area contributed by atoms with Crippen LogP contribution in [-0.2, 0) is 9.68 Å². The minimum absolute atomic E-state index is 0.0497. The lowest BCUT2D eigenvalue weighted by Gasteiger charge is -2.39. The first-order valence-electron chi connectivity index (χ1n) is 28.8. The van der Waals surface area contributed by atoms with Crippen molar-refractivity contribution in [1.29, 1.82) is 0 Å². The molecule has 1 aliphatic heterocycles. The normalized spacial score (nSPS) is 21.8. The molecule has 0 aromatic heterocycles.